The van der Waals surface area contributed by atoms with Gasteiger partial charge in [0.05, 0.1) is 5.56 Å². The Morgan fingerprint density at radius 3 is 2.77 bits per heavy atom. The lowest BCUT2D eigenvalue weighted by molar-refractivity contribution is -0.0498. The zero-order chi connectivity index (χ0) is 21.5. The van der Waals surface area contributed by atoms with Crippen molar-refractivity contribution in [2.24, 2.45) is 0 Å². The van der Waals surface area contributed by atoms with Gasteiger partial charge in [-0.15, -0.1) is 11.3 Å². The first-order valence-corrected chi connectivity index (χ1v) is 10.6. The van der Waals surface area contributed by atoms with Gasteiger partial charge >= 0.3 is 6.61 Å². The minimum absolute atomic E-state index is 0.0979. The third-order valence-electron chi connectivity index (χ3n) is 4.76. The van der Waals surface area contributed by atoms with E-state index in [1.807, 2.05) is 0 Å². The largest absolute Gasteiger partial charge is 0.435 e. The van der Waals surface area contributed by atoms with Crippen LogP contribution in [0.15, 0.2) is 24.3 Å². The van der Waals surface area contributed by atoms with Crippen LogP contribution in [0.3, 0.4) is 0 Å². The molecule has 9 heteroatoms. The fourth-order valence-corrected chi connectivity index (χ4v) is 4.67. The highest BCUT2D eigenvalue weighted by molar-refractivity contribution is 7.17. The number of rotatable bonds is 9. The van der Waals surface area contributed by atoms with E-state index in [0.717, 1.165) is 36.1 Å². The minimum atomic E-state index is -2.97. The van der Waals surface area contributed by atoms with Gasteiger partial charge in [-0.1, -0.05) is 6.07 Å². The molecule has 3 rings (SSSR count). The summed E-state index contributed by atoms with van der Waals surface area (Å²) in [4.78, 5) is 26.7. The van der Waals surface area contributed by atoms with Gasteiger partial charge in [-0.2, -0.15) is 8.78 Å². The smallest absolute Gasteiger partial charge is 0.387 e. The molecule has 1 aliphatic rings. The van der Waals surface area contributed by atoms with E-state index < -0.39 is 12.5 Å². The average Bonchev–Trinajstić information content (AvgIpc) is 3.08. The number of ether oxygens (including phenoxy) is 2. The quantitative estimate of drug-likeness (QED) is 0.574. The zero-order valence-electron chi connectivity index (χ0n) is 16.6. The highest BCUT2D eigenvalue weighted by Gasteiger charge is 2.26. The van der Waals surface area contributed by atoms with Gasteiger partial charge in [0.15, 0.2) is 0 Å². The van der Waals surface area contributed by atoms with Gasteiger partial charge in [0, 0.05) is 30.7 Å². The summed E-state index contributed by atoms with van der Waals surface area (Å²) >= 11 is 1.40. The summed E-state index contributed by atoms with van der Waals surface area (Å²) in [5, 5.41) is 6.17. The molecule has 0 unspecified atom stereocenters. The summed E-state index contributed by atoms with van der Waals surface area (Å²) < 4.78 is 34.3. The number of aryl methyl sites for hydroxylation is 1. The third kappa shape index (κ3) is 5.54. The number of benzene rings is 1. The minimum Gasteiger partial charge on any atom is -0.435 e. The Labute approximate surface area is 177 Å². The second-order valence-corrected chi connectivity index (χ2v) is 7.98. The van der Waals surface area contributed by atoms with E-state index in [1.54, 1.807) is 7.11 Å². The Kier molecular flexibility index (Phi) is 7.75. The number of carbonyl (C=O) groups excluding carboxylic acids is 2. The van der Waals surface area contributed by atoms with E-state index in [0.29, 0.717) is 30.1 Å². The third-order valence-corrected chi connectivity index (χ3v) is 5.96. The van der Waals surface area contributed by atoms with Crippen molar-refractivity contribution in [1.82, 2.24) is 5.32 Å². The molecule has 1 aromatic carbocycles. The molecule has 0 radical (unpaired) electrons. The SMILES string of the molecule is COCCCNC(=O)c1c(NC(=O)c2cccc(OC(F)F)c2)sc2c1CCCC2. The molecule has 1 aromatic heterocycles. The van der Waals surface area contributed by atoms with Gasteiger partial charge in [-0.3, -0.25) is 9.59 Å². The first kappa shape index (κ1) is 22.2. The number of carbonyl (C=O) groups is 2. The van der Waals surface area contributed by atoms with E-state index in [2.05, 4.69) is 15.4 Å². The maximum atomic E-state index is 12.9. The number of amides is 2. The van der Waals surface area contributed by atoms with Crippen molar-refractivity contribution in [2.45, 2.75) is 38.7 Å². The Balaban J connectivity index is 1.80. The molecule has 0 fully saturated rings. The number of anilines is 1. The number of hydrogen-bond donors (Lipinski definition) is 2. The summed E-state index contributed by atoms with van der Waals surface area (Å²) in [6.45, 7) is -1.96. The first-order valence-electron chi connectivity index (χ1n) is 9.77. The van der Waals surface area contributed by atoms with Crippen LogP contribution in [0.2, 0.25) is 0 Å². The van der Waals surface area contributed by atoms with Crippen molar-refractivity contribution in [3.63, 3.8) is 0 Å². The number of methoxy groups -OCH3 is 1. The van der Waals surface area contributed by atoms with Crippen LogP contribution in [0, 0.1) is 0 Å². The Morgan fingerprint density at radius 1 is 1.20 bits per heavy atom. The predicted octanol–water partition coefficient (Wildman–Crippen LogP) is 4.25. The van der Waals surface area contributed by atoms with Gasteiger partial charge in [-0.05, 0) is 55.9 Å². The maximum absolute atomic E-state index is 12.9. The summed E-state index contributed by atoms with van der Waals surface area (Å²) in [6.07, 6.45) is 4.39. The molecule has 1 heterocycles. The van der Waals surface area contributed by atoms with Crippen LogP contribution in [0.1, 0.15) is 50.4 Å². The van der Waals surface area contributed by atoms with E-state index in [4.69, 9.17) is 4.74 Å². The monoisotopic (exact) mass is 438 g/mol. The van der Waals surface area contributed by atoms with Crippen LogP contribution in [0.5, 0.6) is 5.75 Å². The van der Waals surface area contributed by atoms with Crippen LogP contribution in [0.25, 0.3) is 0 Å². The summed E-state index contributed by atoms with van der Waals surface area (Å²) in [6, 6.07) is 5.58. The van der Waals surface area contributed by atoms with E-state index in [1.165, 1.54) is 35.6 Å². The van der Waals surface area contributed by atoms with Crippen molar-refractivity contribution < 1.29 is 27.8 Å². The van der Waals surface area contributed by atoms with Crippen molar-refractivity contribution in [3.05, 3.63) is 45.8 Å². The van der Waals surface area contributed by atoms with E-state index in [9.17, 15) is 18.4 Å². The van der Waals surface area contributed by atoms with Crippen LogP contribution in [-0.2, 0) is 17.6 Å². The molecule has 2 amide bonds. The van der Waals surface area contributed by atoms with Crippen molar-refractivity contribution >= 4 is 28.2 Å². The van der Waals surface area contributed by atoms with Gasteiger partial charge in [-0.25, -0.2) is 0 Å². The molecule has 0 aliphatic heterocycles. The van der Waals surface area contributed by atoms with Crippen LogP contribution in [-0.4, -0.2) is 38.7 Å². The van der Waals surface area contributed by atoms with E-state index >= 15 is 0 Å². The van der Waals surface area contributed by atoms with Crippen molar-refractivity contribution in [3.8, 4) is 5.75 Å². The van der Waals surface area contributed by atoms with Crippen molar-refractivity contribution in [1.29, 1.82) is 0 Å². The number of fused-ring (bicyclic) bond motifs is 1. The highest BCUT2D eigenvalue weighted by Crippen LogP contribution is 2.38. The molecule has 162 valence electrons. The Hall–Kier alpha value is -2.52. The van der Waals surface area contributed by atoms with Crippen molar-refractivity contribution in [2.75, 3.05) is 25.6 Å². The Morgan fingerprint density at radius 2 is 2.00 bits per heavy atom. The molecule has 0 saturated heterocycles. The maximum Gasteiger partial charge on any atom is 0.387 e. The topological polar surface area (TPSA) is 76.7 Å². The normalized spacial score (nSPS) is 13.1. The molecule has 6 nitrogen and oxygen atoms in total. The predicted molar refractivity (Wildman–Crippen MR) is 111 cm³/mol. The molecule has 0 bridgehead atoms. The molecule has 2 aromatic rings. The summed E-state index contributed by atoms with van der Waals surface area (Å²) in [5.41, 5.74) is 1.66. The van der Waals surface area contributed by atoms with E-state index in [-0.39, 0.29) is 17.2 Å². The Bertz CT molecular complexity index is 901. The second kappa shape index (κ2) is 10.5. The van der Waals surface area contributed by atoms with Crippen LogP contribution < -0.4 is 15.4 Å². The number of hydrogen-bond acceptors (Lipinski definition) is 5. The first-order chi connectivity index (χ1) is 14.5. The number of nitrogens with one attached hydrogen (secondary N) is 2. The fourth-order valence-electron chi connectivity index (χ4n) is 3.39. The van der Waals surface area contributed by atoms with Gasteiger partial charge in [0.2, 0.25) is 0 Å². The number of thiophene rings is 1. The standard InChI is InChI=1S/C21H24F2N2O4S/c1-28-11-5-10-24-19(27)17-15-8-2-3-9-16(15)30-20(17)25-18(26)13-6-4-7-14(12-13)29-21(22)23/h4,6-7,12,21H,2-3,5,8-11H2,1H3,(H,24,27)(H,25,26). The van der Waals surface area contributed by atoms with Crippen LogP contribution >= 0.6 is 11.3 Å². The summed E-state index contributed by atoms with van der Waals surface area (Å²) in [7, 11) is 1.60. The molecular formula is C21H24F2N2O4S. The van der Waals surface area contributed by atoms with Gasteiger partial charge in [0.25, 0.3) is 11.8 Å². The molecule has 1 aliphatic carbocycles. The summed E-state index contributed by atoms with van der Waals surface area (Å²) in [5.74, 6) is -0.809. The molecule has 0 saturated carbocycles. The van der Waals surface area contributed by atoms with Crippen LogP contribution in [0.4, 0.5) is 13.8 Å². The fraction of sp³-hybridized carbons (Fsp3) is 0.429. The zero-order valence-corrected chi connectivity index (χ0v) is 17.5. The molecule has 30 heavy (non-hydrogen) atoms. The lowest BCUT2D eigenvalue weighted by atomic mass is 9.95. The average molecular weight is 438 g/mol. The van der Waals surface area contributed by atoms with Gasteiger partial charge < -0.3 is 20.1 Å². The number of alkyl halides is 2. The molecule has 0 atom stereocenters. The number of halogens is 2. The lowest BCUT2D eigenvalue weighted by Crippen LogP contribution is -2.27. The molecular weight excluding hydrogens is 414 g/mol. The molecule has 2 N–H and O–H groups in total. The highest BCUT2D eigenvalue weighted by atomic mass is 32.1. The lowest BCUT2D eigenvalue weighted by Gasteiger charge is -2.13. The second-order valence-electron chi connectivity index (χ2n) is 6.88. The molecule has 0 spiro atoms. The van der Waals surface area contributed by atoms with Gasteiger partial charge in [0.1, 0.15) is 10.8 Å².